The Morgan fingerprint density at radius 1 is 1.27 bits per heavy atom. The monoisotopic (exact) mass is 301 g/mol. The van der Waals surface area contributed by atoms with Crippen molar-refractivity contribution in [3.63, 3.8) is 0 Å². The first-order valence-electron chi connectivity index (χ1n) is 6.79. The SMILES string of the molecule is CO[C@H](C(=O)N/N=C\c1ccc(N(C)C)o1)c1ccccc1. The molecule has 1 aromatic heterocycles. The summed E-state index contributed by atoms with van der Waals surface area (Å²) < 4.78 is 10.7. The van der Waals surface area contributed by atoms with Crippen molar-refractivity contribution in [2.45, 2.75) is 6.10 Å². The van der Waals surface area contributed by atoms with E-state index in [1.165, 1.54) is 13.3 Å². The Morgan fingerprint density at radius 2 is 2.00 bits per heavy atom. The van der Waals surface area contributed by atoms with E-state index < -0.39 is 6.10 Å². The lowest BCUT2D eigenvalue weighted by atomic mass is 10.1. The molecule has 0 saturated heterocycles. The van der Waals surface area contributed by atoms with Crippen LogP contribution < -0.4 is 10.3 Å². The summed E-state index contributed by atoms with van der Waals surface area (Å²) in [6.45, 7) is 0. The van der Waals surface area contributed by atoms with Gasteiger partial charge in [-0.05, 0) is 11.6 Å². The molecule has 0 saturated carbocycles. The summed E-state index contributed by atoms with van der Waals surface area (Å²) in [6, 6.07) is 12.8. The molecule has 0 aliphatic heterocycles. The van der Waals surface area contributed by atoms with E-state index in [1.54, 1.807) is 6.07 Å². The zero-order valence-electron chi connectivity index (χ0n) is 12.8. The number of hydrazone groups is 1. The highest BCUT2D eigenvalue weighted by Crippen LogP contribution is 2.16. The second-order valence-corrected chi connectivity index (χ2v) is 4.83. The molecule has 0 bridgehead atoms. The Kier molecular flexibility index (Phi) is 5.32. The van der Waals surface area contributed by atoms with E-state index in [0.29, 0.717) is 11.6 Å². The topological polar surface area (TPSA) is 67.1 Å². The first kappa shape index (κ1) is 15.8. The molecule has 0 spiro atoms. The molecule has 2 rings (SSSR count). The zero-order chi connectivity index (χ0) is 15.9. The van der Waals surface area contributed by atoms with Crippen molar-refractivity contribution >= 4 is 18.0 Å². The number of anilines is 1. The number of ether oxygens (including phenoxy) is 1. The van der Waals surface area contributed by atoms with Crippen LogP contribution in [0.3, 0.4) is 0 Å². The lowest BCUT2D eigenvalue weighted by Crippen LogP contribution is -2.26. The molecule has 1 N–H and O–H groups in total. The molecular weight excluding hydrogens is 282 g/mol. The van der Waals surface area contributed by atoms with Crippen LogP contribution in [0, 0.1) is 0 Å². The van der Waals surface area contributed by atoms with Crippen LogP contribution in [0.25, 0.3) is 0 Å². The van der Waals surface area contributed by atoms with Gasteiger partial charge in [-0.2, -0.15) is 5.10 Å². The van der Waals surface area contributed by atoms with Gasteiger partial charge in [0.25, 0.3) is 5.91 Å². The van der Waals surface area contributed by atoms with Gasteiger partial charge in [0.1, 0.15) is 5.76 Å². The van der Waals surface area contributed by atoms with Gasteiger partial charge in [-0.3, -0.25) is 4.79 Å². The summed E-state index contributed by atoms with van der Waals surface area (Å²) in [4.78, 5) is 13.9. The maximum absolute atomic E-state index is 12.1. The number of nitrogens with zero attached hydrogens (tertiary/aromatic N) is 2. The molecule has 0 fully saturated rings. The molecule has 1 heterocycles. The van der Waals surface area contributed by atoms with E-state index in [9.17, 15) is 4.79 Å². The number of furan rings is 1. The Morgan fingerprint density at radius 3 is 2.59 bits per heavy atom. The number of rotatable bonds is 6. The summed E-state index contributed by atoms with van der Waals surface area (Å²) in [5.41, 5.74) is 3.22. The molecule has 0 aliphatic rings. The van der Waals surface area contributed by atoms with Gasteiger partial charge in [-0.1, -0.05) is 30.3 Å². The van der Waals surface area contributed by atoms with Gasteiger partial charge in [0, 0.05) is 27.3 Å². The Balaban J connectivity index is 1.97. The van der Waals surface area contributed by atoms with Crippen molar-refractivity contribution in [3.8, 4) is 0 Å². The number of benzene rings is 1. The van der Waals surface area contributed by atoms with Gasteiger partial charge < -0.3 is 14.1 Å². The van der Waals surface area contributed by atoms with E-state index in [0.717, 1.165) is 5.56 Å². The van der Waals surface area contributed by atoms with Crippen LogP contribution in [0.15, 0.2) is 52.0 Å². The highest BCUT2D eigenvalue weighted by atomic mass is 16.5. The minimum atomic E-state index is -0.702. The molecule has 0 radical (unpaired) electrons. The number of methoxy groups -OCH3 is 1. The first-order chi connectivity index (χ1) is 10.6. The van der Waals surface area contributed by atoms with Crippen LogP contribution in [0.5, 0.6) is 0 Å². The third kappa shape index (κ3) is 3.95. The number of hydrogen-bond donors (Lipinski definition) is 1. The van der Waals surface area contributed by atoms with Crippen LogP contribution >= 0.6 is 0 Å². The van der Waals surface area contributed by atoms with Crippen LogP contribution in [0.1, 0.15) is 17.4 Å². The second kappa shape index (κ2) is 7.42. The molecule has 1 amide bonds. The van der Waals surface area contributed by atoms with E-state index in [1.807, 2.05) is 55.4 Å². The van der Waals surface area contributed by atoms with Gasteiger partial charge in [0.05, 0.1) is 6.21 Å². The van der Waals surface area contributed by atoms with Gasteiger partial charge in [-0.15, -0.1) is 0 Å². The Bertz CT molecular complexity index is 635. The van der Waals surface area contributed by atoms with Gasteiger partial charge in [0.2, 0.25) is 0 Å². The average molecular weight is 301 g/mol. The standard InChI is InChI=1S/C16H19N3O3/c1-19(2)14-10-9-13(22-14)11-17-18-16(20)15(21-3)12-7-5-4-6-8-12/h4-11,15H,1-3H3,(H,18,20)/b17-11-/t15-/m0/s1. The number of nitrogens with one attached hydrogen (secondary N) is 1. The predicted molar refractivity (Wildman–Crippen MR) is 85.0 cm³/mol. The molecule has 1 atom stereocenters. The fraction of sp³-hybridized carbons (Fsp3) is 0.250. The number of carbonyl (C=O) groups excluding carboxylic acids is 1. The van der Waals surface area contributed by atoms with Gasteiger partial charge in [-0.25, -0.2) is 5.43 Å². The minimum absolute atomic E-state index is 0.343. The fourth-order valence-electron chi connectivity index (χ4n) is 1.89. The van der Waals surface area contributed by atoms with Crippen molar-refractivity contribution in [1.29, 1.82) is 0 Å². The molecule has 6 nitrogen and oxygen atoms in total. The summed E-state index contributed by atoms with van der Waals surface area (Å²) in [5, 5.41) is 3.89. The minimum Gasteiger partial charge on any atom is -0.440 e. The zero-order valence-corrected chi connectivity index (χ0v) is 12.8. The lowest BCUT2D eigenvalue weighted by molar-refractivity contribution is -0.131. The summed E-state index contributed by atoms with van der Waals surface area (Å²) >= 11 is 0. The van der Waals surface area contributed by atoms with E-state index in [4.69, 9.17) is 9.15 Å². The lowest BCUT2D eigenvalue weighted by Gasteiger charge is -2.13. The highest BCUT2D eigenvalue weighted by molar-refractivity contribution is 5.84. The van der Waals surface area contributed by atoms with Crippen molar-refractivity contribution in [2.24, 2.45) is 5.10 Å². The van der Waals surface area contributed by atoms with Crippen molar-refractivity contribution in [1.82, 2.24) is 5.43 Å². The van der Waals surface area contributed by atoms with E-state index in [2.05, 4.69) is 10.5 Å². The fourth-order valence-corrected chi connectivity index (χ4v) is 1.89. The van der Waals surface area contributed by atoms with Crippen LogP contribution in [0.4, 0.5) is 5.88 Å². The van der Waals surface area contributed by atoms with Crippen molar-refractivity contribution in [2.75, 3.05) is 26.1 Å². The van der Waals surface area contributed by atoms with Crippen LogP contribution in [0.2, 0.25) is 0 Å². The third-order valence-corrected chi connectivity index (χ3v) is 3.00. The number of amides is 1. The summed E-state index contributed by atoms with van der Waals surface area (Å²) in [7, 11) is 5.24. The highest BCUT2D eigenvalue weighted by Gasteiger charge is 2.19. The van der Waals surface area contributed by atoms with Gasteiger partial charge in [0.15, 0.2) is 12.0 Å². The average Bonchev–Trinajstić information content (AvgIpc) is 2.98. The maximum atomic E-state index is 12.1. The largest absolute Gasteiger partial charge is 0.440 e. The molecule has 6 heteroatoms. The molecule has 0 aliphatic carbocycles. The number of carbonyl (C=O) groups is 1. The van der Waals surface area contributed by atoms with Crippen LogP contribution in [-0.4, -0.2) is 33.3 Å². The van der Waals surface area contributed by atoms with Gasteiger partial charge >= 0.3 is 0 Å². The van der Waals surface area contributed by atoms with E-state index >= 15 is 0 Å². The second-order valence-electron chi connectivity index (χ2n) is 4.83. The molecular formula is C16H19N3O3. The maximum Gasteiger partial charge on any atom is 0.273 e. The Labute approximate surface area is 129 Å². The first-order valence-corrected chi connectivity index (χ1v) is 6.79. The molecule has 2 aromatic rings. The van der Waals surface area contributed by atoms with Crippen LogP contribution in [-0.2, 0) is 9.53 Å². The summed E-state index contributed by atoms with van der Waals surface area (Å²) in [6.07, 6.45) is 0.745. The van der Waals surface area contributed by atoms with Crippen molar-refractivity contribution in [3.05, 3.63) is 53.8 Å². The quantitative estimate of drug-likeness (QED) is 0.656. The normalized spacial score (nSPS) is 12.3. The molecule has 0 unspecified atom stereocenters. The third-order valence-electron chi connectivity index (χ3n) is 3.00. The summed E-state index contributed by atoms with van der Waals surface area (Å²) in [5.74, 6) is 0.925. The molecule has 116 valence electrons. The van der Waals surface area contributed by atoms with Crippen molar-refractivity contribution < 1.29 is 13.9 Å². The predicted octanol–water partition coefficient (Wildman–Crippen LogP) is 2.18. The Hall–Kier alpha value is -2.60. The molecule has 22 heavy (non-hydrogen) atoms. The number of hydrogen-bond acceptors (Lipinski definition) is 5. The van der Waals surface area contributed by atoms with E-state index in [-0.39, 0.29) is 5.91 Å². The molecule has 1 aromatic carbocycles. The smallest absolute Gasteiger partial charge is 0.273 e.